The Kier molecular flexibility index (Phi) is 4.42. The van der Waals surface area contributed by atoms with Crippen LogP contribution >= 0.6 is 0 Å². The Labute approximate surface area is 102 Å². The van der Waals surface area contributed by atoms with E-state index in [1.165, 1.54) is 25.7 Å². The van der Waals surface area contributed by atoms with Crippen molar-refractivity contribution in [1.29, 1.82) is 0 Å². The van der Waals surface area contributed by atoms with Gasteiger partial charge >= 0.3 is 0 Å². The summed E-state index contributed by atoms with van der Waals surface area (Å²) >= 11 is 0. The predicted octanol–water partition coefficient (Wildman–Crippen LogP) is 3.26. The summed E-state index contributed by atoms with van der Waals surface area (Å²) in [6, 6.07) is 7.79. The number of methoxy groups -OCH3 is 1. The van der Waals surface area contributed by atoms with Gasteiger partial charge in [0, 0.05) is 5.92 Å². The van der Waals surface area contributed by atoms with Crippen molar-refractivity contribution in [3.05, 3.63) is 29.8 Å². The van der Waals surface area contributed by atoms with Gasteiger partial charge in [-0.1, -0.05) is 30.1 Å². The van der Waals surface area contributed by atoms with Crippen LogP contribution in [0.3, 0.4) is 0 Å². The average Bonchev–Trinajstić information content (AvgIpc) is 2.88. The van der Waals surface area contributed by atoms with Crippen molar-refractivity contribution in [2.24, 2.45) is 11.1 Å². The van der Waals surface area contributed by atoms with Gasteiger partial charge in [0.25, 0.3) is 0 Å². The van der Waals surface area contributed by atoms with Gasteiger partial charge in [-0.3, -0.25) is 0 Å². The van der Waals surface area contributed by atoms with Crippen molar-refractivity contribution in [2.45, 2.75) is 32.3 Å². The second kappa shape index (κ2) is 6.28. The smallest absolute Gasteiger partial charge is 0.142 e. The molecule has 0 N–H and O–H groups in total. The fraction of sp³-hybridized carbons (Fsp3) is 0.500. The molecule has 3 heteroatoms. The molecule has 17 heavy (non-hydrogen) atoms. The molecule has 1 aromatic carbocycles. The van der Waals surface area contributed by atoms with Gasteiger partial charge in [-0.05, 0) is 30.5 Å². The lowest BCUT2D eigenvalue weighted by atomic mass is 10.1. The number of rotatable bonds is 5. The molecular formula is C14H18NO2. The molecule has 1 aliphatic rings. The molecule has 0 atom stereocenters. The first kappa shape index (κ1) is 12.0. The normalized spacial score (nSPS) is 16.5. The van der Waals surface area contributed by atoms with Crippen LogP contribution in [-0.4, -0.2) is 13.3 Å². The van der Waals surface area contributed by atoms with Crippen LogP contribution in [0.15, 0.2) is 29.4 Å². The Morgan fingerprint density at radius 1 is 1.24 bits per heavy atom. The molecule has 3 nitrogen and oxygen atoms in total. The van der Waals surface area contributed by atoms with E-state index in [1.807, 2.05) is 24.3 Å². The SMILES string of the molecule is COc1ccc(CO/N=[C]\C2CCCC2)cc1. The van der Waals surface area contributed by atoms with Gasteiger partial charge in [-0.15, -0.1) is 0 Å². The highest BCUT2D eigenvalue weighted by Crippen LogP contribution is 2.22. The van der Waals surface area contributed by atoms with Crippen molar-refractivity contribution in [1.82, 2.24) is 0 Å². The maximum atomic E-state index is 5.23. The van der Waals surface area contributed by atoms with Gasteiger partial charge < -0.3 is 9.57 Å². The monoisotopic (exact) mass is 232 g/mol. The van der Waals surface area contributed by atoms with Gasteiger partial charge in [0.2, 0.25) is 0 Å². The van der Waals surface area contributed by atoms with E-state index in [-0.39, 0.29) is 0 Å². The van der Waals surface area contributed by atoms with Gasteiger partial charge in [0.1, 0.15) is 18.6 Å². The minimum atomic E-state index is 0.490. The van der Waals surface area contributed by atoms with Crippen LogP contribution in [0.1, 0.15) is 31.2 Å². The maximum absolute atomic E-state index is 5.23. The van der Waals surface area contributed by atoms with Crippen LogP contribution in [0, 0.1) is 5.92 Å². The van der Waals surface area contributed by atoms with Crippen LogP contribution in [-0.2, 0) is 11.4 Å². The van der Waals surface area contributed by atoms with Crippen molar-refractivity contribution in [3.63, 3.8) is 0 Å². The third-order valence-electron chi connectivity index (χ3n) is 3.05. The number of ether oxygens (including phenoxy) is 1. The summed E-state index contributed by atoms with van der Waals surface area (Å²) in [6.45, 7) is 0.490. The number of hydrogen-bond donors (Lipinski definition) is 0. The van der Waals surface area contributed by atoms with Crippen LogP contribution in [0.4, 0.5) is 0 Å². The molecule has 0 amide bonds. The second-order valence-electron chi connectivity index (χ2n) is 4.32. The molecule has 0 spiro atoms. The molecule has 91 valence electrons. The van der Waals surface area contributed by atoms with Gasteiger partial charge in [0.05, 0.1) is 7.11 Å². The topological polar surface area (TPSA) is 30.8 Å². The van der Waals surface area contributed by atoms with E-state index in [0.29, 0.717) is 12.5 Å². The highest BCUT2D eigenvalue weighted by Gasteiger charge is 2.12. The average molecular weight is 232 g/mol. The van der Waals surface area contributed by atoms with E-state index >= 15 is 0 Å². The highest BCUT2D eigenvalue weighted by atomic mass is 16.6. The van der Waals surface area contributed by atoms with E-state index < -0.39 is 0 Å². The minimum absolute atomic E-state index is 0.490. The first-order valence-corrected chi connectivity index (χ1v) is 6.09. The van der Waals surface area contributed by atoms with Gasteiger partial charge in [-0.25, -0.2) is 0 Å². The lowest BCUT2D eigenvalue weighted by molar-refractivity contribution is 0.130. The first-order chi connectivity index (χ1) is 8.38. The molecule has 0 saturated heterocycles. The van der Waals surface area contributed by atoms with Crippen molar-refractivity contribution in [3.8, 4) is 5.75 Å². The summed E-state index contributed by atoms with van der Waals surface area (Å²) < 4.78 is 5.09. The summed E-state index contributed by atoms with van der Waals surface area (Å²) in [5, 5.41) is 3.91. The van der Waals surface area contributed by atoms with Crippen LogP contribution in [0.2, 0.25) is 0 Å². The first-order valence-electron chi connectivity index (χ1n) is 6.09. The Hall–Kier alpha value is -1.51. The summed E-state index contributed by atoms with van der Waals surface area (Å²) in [6.07, 6.45) is 8.05. The van der Waals surface area contributed by atoms with E-state index in [4.69, 9.17) is 9.57 Å². The van der Waals surface area contributed by atoms with Crippen molar-refractivity contribution >= 4 is 6.21 Å². The van der Waals surface area contributed by atoms with Crippen molar-refractivity contribution < 1.29 is 9.57 Å². The van der Waals surface area contributed by atoms with E-state index in [2.05, 4.69) is 11.4 Å². The Morgan fingerprint density at radius 3 is 2.59 bits per heavy atom. The van der Waals surface area contributed by atoms with Gasteiger partial charge in [0.15, 0.2) is 0 Å². The highest BCUT2D eigenvalue weighted by molar-refractivity contribution is 5.60. The van der Waals surface area contributed by atoms with Crippen LogP contribution in [0.25, 0.3) is 0 Å². The maximum Gasteiger partial charge on any atom is 0.142 e. The summed E-state index contributed by atoms with van der Waals surface area (Å²) in [5.74, 6) is 1.36. The zero-order valence-corrected chi connectivity index (χ0v) is 10.2. The molecule has 0 aliphatic heterocycles. The fourth-order valence-corrected chi connectivity index (χ4v) is 2.00. The number of benzene rings is 1. The zero-order valence-electron chi connectivity index (χ0n) is 10.2. The molecule has 0 aromatic heterocycles. The molecule has 1 radical (unpaired) electrons. The van der Waals surface area contributed by atoms with Crippen molar-refractivity contribution in [2.75, 3.05) is 7.11 Å². The second-order valence-corrected chi connectivity index (χ2v) is 4.32. The molecular weight excluding hydrogens is 214 g/mol. The van der Waals surface area contributed by atoms with E-state index in [9.17, 15) is 0 Å². The lowest BCUT2D eigenvalue weighted by Crippen LogP contribution is -1.95. The molecule has 1 saturated carbocycles. The summed E-state index contributed by atoms with van der Waals surface area (Å²) in [4.78, 5) is 5.23. The van der Waals surface area contributed by atoms with Crippen LogP contribution in [0.5, 0.6) is 5.75 Å². The molecule has 1 aromatic rings. The Bertz CT molecular complexity index is 353. The molecule has 1 fully saturated rings. The predicted molar refractivity (Wildman–Crippen MR) is 67.2 cm³/mol. The summed E-state index contributed by atoms with van der Waals surface area (Å²) in [7, 11) is 1.66. The third-order valence-corrected chi connectivity index (χ3v) is 3.05. The van der Waals surface area contributed by atoms with Gasteiger partial charge in [-0.2, -0.15) is 0 Å². The fourth-order valence-electron chi connectivity index (χ4n) is 2.00. The molecule has 1 aliphatic carbocycles. The lowest BCUT2D eigenvalue weighted by Gasteiger charge is -2.02. The Morgan fingerprint density at radius 2 is 1.94 bits per heavy atom. The third kappa shape index (κ3) is 3.77. The van der Waals surface area contributed by atoms with E-state index in [0.717, 1.165) is 11.3 Å². The molecule has 0 bridgehead atoms. The quantitative estimate of drug-likeness (QED) is 0.576. The zero-order chi connectivity index (χ0) is 11.9. The summed E-state index contributed by atoms with van der Waals surface area (Å²) in [5.41, 5.74) is 1.09. The molecule has 0 unspecified atom stereocenters. The Balaban J connectivity index is 1.73. The van der Waals surface area contributed by atoms with Crippen LogP contribution < -0.4 is 4.74 Å². The number of hydrogen-bond acceptors (Lipinski definition) is 3. The van der Waals surface area contributed by atoms with E-state index in [1.54, 1.807) is 7.11 Å². The molecule has 0 heterocycles. The molecule has 2 rings (SSSR count). The largest absolute Gasteiger partial charge is 0.497 e. The number of nitrogens with zero attached hydrogens (tertiary/aromatic N) is 1. The standard InChI is InChI=1S/C14H18NO2/c1-16-14-8-6-13(7-9-14)11-17-15-10-12-4-2-3-5-12/h6-9,12H,2-5,11H2,1H3. The minimum Gasteiger partial charge on any atom is -0.497 e.